The highest BCUT2D eigenvalue weighted by Crippen LogP contribution is 2.33. The molecule has 1 aromatic heterocycles. The summed E-state index contributed by atoms with van der Waals surface area (Å²) >= 11 is 0. The maximum atomic E-state index is 12.8. The highest BCUT2D eigenvalue weighted by Gasteiger charge is 2.31. The Labute approximate surface area is 223 Å². The van der Waals surface area contributed by atoms with Crippen molar-refractivity contribution >= 4 is 40.7 Å². The Balaban J connectivity index is 0.00000336. The number of carbonyl (C=O) groups is 1. The van der Waals surface area contributed by atoms with Gasteiger partial charge < -0.3 is 19.9 Å². The molecule has 0 aliphatic carbocycles. The number of anilines is 2. The number of fused-ring (bicyclic) bond motifs is 1. The van der Waals surface area contributed by atoms with Gasteiger partial charge in [0.15, 0.2) is 5.82 Å². The van der Waals surface area contributed by atoms with E-state index in [0.29, 0.717) is 25.3 Å². The molecule has 3 aromatic carbocycles. The first-order valence-electron chi connectivity index (χ1n) is 11.8. The van der Waals surface area contributed by atoms with Crippen LogP contribution >= 0.6 is 12.4 Å². The van der Waals surface area contributed by atoms with Crippen LogP contribution in [-0.4, -0.2) is 53.2 Å². The average Bonchev–Trinajstić information content (AvgIpc) is 2.89. The summed E-state index contributed by atoms with van der Waals surface area (Å²) in [4.78, 5) is 16.7. The molecule has 0 saturated carbocycles. The van der Waals surface area contributed by atoms with E-state index in [9.17, 15) is 18.0 Å². The maximum Gasteiger partial charge on any atom is 0.573 e. The lowest BCUT2D eigenvalue weighted by Gasteiger charge is -2.40. The van der Waals surface area contributed by atoms with E-state index in [0.717, 1.165) is 40.0 Å². The van der Waals surface area contributed by atoms with Gasteiger partial charge >= 0.3 is 12.4 Å². The van der Waals surface area contributed by atoms with Crippen molar-refractivity contribution in [2.45, 2.75) is 19.3 Å². The second kappa shape index (κ2) is 11.1. The number of aromatic nitrogens is 2. The summed E-state index contributed by atoms with van der Waals surface area (Å²) in [6.07, 6.45) is -4.77. The van der Waals surface area contributed by atoms with Crippen LogP contribution in [0.3, 0.4) is 0 Å². The summed E-state index contributed by atoms with van der Waals surface area (Å²) in [7, 11) is 0. The Kier molecular flexibility index (Phi) is 7.91. The van der Waals surface area contributed by atoms with Crippen molar-refractivity contribution in [2.75, 3.05) is 29.9 Å². The highest BCUT2D eigenvalue weighted by atomic mass is 35.5. The summed E-state index contributed by atoms with van der Waals surface area (Å²) in [6.45, 7) is 3.46. The number of hydrogen-bond acceptors (Lipinski definition) is 5. The van der Waals surface area contributed by atoms with Crippen molar-refractivity contribution < 1.29 is 22.7 Å². The first-order valence-corrected chi connectivity index (χ1v) is 11.8. The molecule has 7 nitrogen and oxygen atoms in total. The fourth-order valence-electron chi connectivity index (χ4n) is 4.51. The van der Waals surface area contributed by atoms with Gasteiger partial charge in [0.2, 0.25) is 0 Å². The van der Waals surface area contributed by atoms with E-state index in [1.165, 1.54) is 12.1 Å². The van der Waals surface area contributed by atoms with E-state index in [1.807, 2.05) is 61.5 Å². The number of rotatable bonds is 4. The number of carbonyl (C=O) groups excluding carboxylic acids is 1. The molecule has 1 atom stereocenters. The number of amides is 2. The molecule has 1 aliphatic heterocycles. The molecule has 198 valence electrons. The monoisotopic (exact) mass is 543 g/mol. The summed E-state index contributed by atoms with van der Waals surface area (Å²) < 4.78 is 40.9. The van der Waals surface area contributed by atoms with Gasteiger partial charge in [0, 0.05) is 47.7 Å². The molecule has 1 N–H and O–H groups in total. The number of nitrogens with one attached hydrogen (secondary N) is 1. The second-order valence-electron chi connectivity index (χ2n) is 8.77. The zero-order chi connectivity index (χ0) is 26.0. The topological polar surface area (TPSA) is 70.6 Å². The Morgan fingerprint density at radius 3 is 2.24 bits per heavy atom. The fraction of sp³-hybridized carbons (Fsp3) is 0.222. The molecule has 2 heterocycles. The van der Waals surface area contributed by atoms with E-state index in [-0.39, 0.29) is 30.2 Å². The third-order valence-corrected chi connectivity index (χ3v) is 6.24. The zero-order valence-corrected chi connectivity index (χ0v) is 21.2. The molecule has 2 amide bonds. The van der Waals surface area contributed by atoms with Gasteiger partial charge in [-0.1, -0.05) is 54.6 Å². The smallest absolute Gasteiger partial charge is 0.406 e. The van der Waals surface area contributed by atoms with E-state index in [4.69, 9.17) is 0 Å². The van der Waals surface area contributed by atoms with Crippen LogP contribution in [0.2, 0.25) is 0 Å². The van der Waals surface area contributed by atoms with Crippen molar-refractivity contribution in [1.82, 2.24) is 15.1 Å². The summed E-state index contributed by atoms with van der Waals surface area (Å²) in [5.74, 6) is 0.419. The van der Waals surface area contributed by atoms with Gasteiger partial charge in [0.1, 0.15) is 11.4 Å². The van der Waals surface area contributed by atoms with E-state index >= 15 is 0 Å². The zero-order valence-electron chi connectivity index (χ0n) is 20.4. The van der Waals surface area contributed by atoms with Crippen LogP contribution in [0.1, 0.15) is 6.92 Å². The van der Waals surface area contributed by atoms with Gasteiger partial charge in [-0.15, -0.1) is 35.8 Å². The molecule has 0 spiro atoms. The van der Waals surface area contributed by atoms with Crippen LogP contribution in [0.4, 0.5) is 29.5 Å². The summed E-state index contributed by atoms with van der Waals surface area (Å²) in [5, 5.41) is 13.9. The number of nitrogens with zero attached hydrogens (tertiary/aromatic N) is 4. The first-order chi connectivity index (χ1) is 17.8. The van der Waals surface area contributed by atoms with E-state index in [2.05, 4.69) is 25.2 Å². The molecule has 0 bridgehead atoms. The summed E-state index contributed by atoms with van der Waals surface area (Å²) in [5.41, 5.74) is 2.19. The summed E-state index contributed by atoms with van der Waals surface area (Å²) in [6, 6.07) is 22.6. The number of benzene rings is 3. The first kappa shape index (κ1) is 27.0. The van der Waals surface area contributed by atoms with E-state index in [1.54, 1.807) is 4.90 Å². The molecule has 0 unspecified atom stereocenters. The lowest BCUT2D eigenvalue weighted by molar-refractivity contribution is -0.274. The number of hydrogen-bond donors (Lipinski definition) is 1. The minimum Gasteiger partial charge on any atom is -0.406 e. The lowest BCUT2D eigenvalue weighted by Crippen LogP contribution is -2.55. The average molecular weight is 544 g/mol. The predicted octanol–water partition coefficient (Wildman–Crippen LogP) is 6.36. The largest absolute Gasteiger partial charge is 0.573 e. The van der Waals surface area contributed by atoms with Crippen LogP contribution in [0, 0.1) is 0 Å². The number of ether oxygens (including phenoxy) is 1. The van der Waals surface area contributed by atoms with Crippen molar-refractivity contribution in [2.24, 2.45) is 0 Å². The van der Waals surface area contributed by atoms with Crippen molar-refractivity contribution in [1.29, 1.82) is 0 Å². The third kappa shape index (κ3) is 5.91. The minimum atomic E-state index is -4.77. The van der Waals surface area contributed by atoms with Crippen LogP contribution < -0.4 is 15.0 Å². The Hall–Kier alpha value is -4.05. The Morgan fingerprint density at radius 1 is 0.921 bits per heavy atom. The van der Waals surface area contributed by atoms with Gasteiger partial charge in [0.05, 0.1) is 0 Å². The molecular weight excluding hydrogens is 519 g/mol. The number of halogens is 4. The van der Waals surface area contributed by atoms with Crippen molar-refractivity contribution in [3.8, 4) is 17.0 Å². The molecule has 1 aliphatic rings. The van der Waals surface area contributed by atoms with Gasteiger partial charge in [-0.25, -0.2) is 4.79 Å². The fourth-order valence-corrected chi connectivity index (χ4v) is 4.51. The number of urea groups is 1. The standard InChI is InChI=1S/C27H24F3N5O2.ClH/c1-18-17-34(26(36)31-20-11-13-21(14-12-20)37-27(28,29)30)15-16-35(18)25-23-10-6-5-9-22(23)24(32-33-25)19-7-3-2-4-8-19;/h2-14,18H,15-17H2,1H3,(H,31,36);1H/t18-;/m0./s1. The minimum absolute atomic E-state index is 0. The molecule has 5 rings (SSSR count). The van der Waals surface area contributed by atoms with Gasteiger partial charge in [-0.05, 0) is 31.2 Å². The molecular formula is C27H25ClF3N5O2. The SMILES string of the molecule is C[C@H]1CN(C(=O)Nc2ccc(OC(F)(F)F)cc2)CCN1c1nnc(-c2ccccc2)c2ccccc12.Cl. The Bertz CT molecular complexity index is 1400. The Morgan fingerprint density at radius 2 is 1.58 bits per heavy atom. The van der Waals surface area contributed by atoms with Crippen LogP contribution in [0.15, 0.2) is 78.9 Å². The van der Waals surface area contributed by atoms with Crippen LogP contribution in [0.5, 0.6) is 5.75 Å². The molecule has 38 heavy (non-hydrogen) atoms. The van der Waals surface area contributed by atoms with Crippen molar-refractivity contribution in [3.63, 3.8) is 0 Å². The lowest BCUT2D eigenvalue weighted by atomic mass is 10.0. The molecule has 0 radical (unpaired) electrons. The second-order valence-corrected chi connectivity index (χ2v) is 8.77. The normalized spacial score (nSPS) is 15.6. The van der Waals surface area contributed by atoms with Gasteiger partial charge in [0.25, 0.3) is 0 Å². The molecule has 1 fully saturated rings. The van der Waals surface area contributed by atoms with Gasteiger partial charge in [-0.2, -0.15) is 0 Å². The van der Waals surface area contributed by atoms with Crippen LogP contribution in [-0.2, 0) is 0 Å². The molecule has 4 aromatic rings. The van der Waals surface area contributed by atoms with E-state index < -0.39 is 6.36 Å². The number of piperazine rings is 1. The maximum absolute atomic E-state index is 12.8. The quantitative estimate of drug-likeness (QED) is 0.324. The molecule has 1 saturated heterocycles. The van der Waals surface area contributed by atoms with Crippen LogP contribution in [0.25, 0.3) is 22.0 Å². The van der Waals surface area contributed by atoms with Crippen molar-refractivity contribution in [3.05, 3.63) is 78.9 Å². The van der Waals surface area contributed by atoms with Gasteiger partial charge in [-0.3, -0.25) is 0 Å². The highest BCUT2D eigenvalue weighted by molar-refractivity contribution is 6.00. The number of alkyl halides is 3. The predicted molar refractivity (Wildman–Crippen MR) is 143 cm³/mol. The third-order valence-electron chi connectivity index (χ3n) is 6.24. The molecule has 11 heteroatoms.